The Labute approximate surface area is 143 Å². The summed E-state index contributed by atoms with van der Waals surface area (Å²) in [5, 5.41) is 3.88. The first-order chi connectivity index (χ1) is 11.5. The van der Waals surface area contributed by atoms with Gasteiger partial charge in [0.05, 0.1) is 6.54 Å². The predicted molar refractivity (Wildman–Crippen MR) is 89.1 cm³/mol. The molecule has 2 rings (SSSR count). The molecular weight excluding hydrogens is 308 g/mol. The van der Waals surface area contributed by atoms with Crippen LogP contribution in [0.5, 0.6) is 0 Å². The van der Waals surface area contributed by atoms with E-state index in [-0.39, 0.29) is 30.6 Å². The number of hydrogen-bond donors (Lipinski definition) is 0. The molecule has 2 amide bonds. The molecule has 0 unspecified atom stereocenters. The van der Waals surface area contributed by atoms with Gasteiger partial charge in [-0.15, -0.1) is 0 Å². The van der Waals surface area contributed by atoms with E-state index in [9.17, 15) is 9.59 Å². The highest BCUT2D eigenvalue weighted by molar-refractivity contribution is 5.83. The van der Waals surface area contributed by atoms with Gasteiger partial charge in [-0.05, 0) is 12.8 Å². The first-order valence-electron chi connectivity index (χ1n) is 8.81. The summed E-state index contributed by atoms with van der Waals surface area (Å²) in [6, 6.07) is 0. The largest absolute Gasteiger partial charge is 0.343 e. The molecule has 0 aliphatic carbocycles. The Bertz CT molecular complexity index is 548. The van der Waals surface area contributed by atoms with Crippen molar-refractivity contribution >= 4 is 11.8 Å². The fourth-order valence-electron chi connectivity index (χ4n) is 2.75. The zero-order valence-electron chi connectivity index (χ0n) is 15.0. The maximum Gasteiger partial charge on any atom is 0.229 e. The first kappa shape index (κ1) is 18.4. The molecule has 7 heteroatoms. The smallest absolute Gasteiger partial charge is 0.229 e. The molecule has 1 aliphatic heterocycles. The number of aromatic nitrogens is 2. The van der Waals surface area contributed by atoms with Crippen LogP contribution in [0.1, 0.15) is 70.0 Å². The fourth-order valence-corrected chi connectivity index (χ4v) is 2.75. The molecule has 0 bridgehead atoms. The second-order valence-corrected chi connectivity index (χ2v) is 6.75. The van der Waals surface area contributed by atoms with Crippen LogP contribution in [0.15, 0.2) is 4.52 Å². The summed E-state index contributed by atoms with van der Waals surface area (Å²) < 4.78 is 5.14. The number of carbonyl (C=O) groups is 2. The number of hydrogen-bond acceptors (Lipinski definition) is 5. The summed E-state index contributed by atoms with van der Waals surface area (Å²) in [5.74, 6) is 1.24. The van der Waals surface area contributed by atoms with E-state index in [0.717, 1.165) is 25.9 Å². The second kappa shape index (κ2) is 8.80. The minimum absolute atomic E-state index is 0.0749. The topological polar surface area (TPSA) is 79.5 Å². The van der Waals surface area contributed by atoms with Gasteiger partial charge in [0.15, 0.2) is 5.82 Å². The van der Waals surface area contributed by atoms with Crippen molar-refractivity contribution in [2.45, 2.75) is 64.8 Å². The van der Waals surface area contributed by atoms with Crippen molar-refractivity contribution in [2.24, 2.45) is 0 Å². The Kier molecular flexibility index (Phi) is 6.75. The summed E-state index contributed by atoms with van der Waals surface area (Å²) in [6.07, 6.45) is 5.00. The minimum Gasteiger partial charge on any atom is -0.343 e. The monoisotopic (exact) mass is 336 g/mol. The van der Waals surface area contributed by atoms with Gasteiger partial charge in [0.2, 0.25) is 17.7 Å². The van der Waals surface area contributed by atoms with Crippen LogP contribution in [-0.2, 0) is 16.1 Å². The third-order valence-electron chi connectivity index (χ3n) is 4.29. The normalized spacial score (nSPS) is 15.4. The molecule has 1 aromatic rings. The van der Waals surface area contributed by atoms with Gasteiger partial charge in [0, 0.05) is 38.9 Å². The number of likely N-dealkylation sites (tertiary alicyclic amines) is 1. The van der Waals surface area contributed by atoms with Crippen molar-refractivity contribution in [1.82, 2.24) is 19.9 Å². The van der Waals surface area contributed by atoms with Crippen molar-refractivity contribution in [2.75, 3.05) is 20.1 Å². The lowest BCUT2D eigenvalue weighted by atomic mass is 10.2. The third-order valence-corrected chi connectivity index (χ3v) is 4.29. The summed E-state index contributed by atoms with van der Waals surface area (Å²) in [5.41, 5.74) is 0. The van der Waals surface area contributed by atoms with Crippen molar-refractivity contribution < 1.29 is 14.1 Å². The van der Waals surface area contributed by atoms with Gasteiger partial charge < -0.3 is 14.3 Å². The second-order valence-electron chi connectivity index (χ2n) is 6.75. The summed E-state index contributed by atoms with van der Waals surface area (Å²) in [6.45, 7) is 5.89. The molecule has 0 radical (unpaired) electrons. The van der Waals surface area contributed by atoms with Crippen LogP contribution in [0, 0.1) is 0 Å². The van der Waals surface area contributed by atoms with Gasteiger partial charge in [-0.2, -0.15) is 4.98 Å². The number of carbonyl (C=O) groups excluding carboxylic acids is 2. The molecule has 1 saturated heterocycles. The van der Waals surface area contributed by atoms with Crippen molar-refractivity contribution in [1.29, 1.82) is 0 Å². The number of rotatable bonds is 6. The Balaban J connectivity index is 1.77. The van der Waals surface area contributed by atoms with Gasteiger partial charge >= 0.3 is 0 Å². The van der Waals surface area contributed by atoms with E-state index in [2.05, 4.69) is 10.1 Å². The van der Waals surface area contributed by atoms with Gasteiger partial charge in [-0.1, -0.05) is 31.8 Å². The minimum atomic E-state index is -0.0749. The van der Waals surface area contributed by atoms with Gasteiger partial charge in [0.25, 0.3) is 0 Å². The average Bonchev–Trinajstić information content (AvgIpc) is 2.85. The van der Waals surface area contributed by atoms with Crippen LogP contribution in [0.3, 0.4) is 0 Å². The Morgan fingerprint density at radius 1 is 1.17 bits per heavy atom. The van der Waals surface area contributed by atoms with E-state index in [1.54, 1.807) is 11.9 Å². The van der Waals surface area contributed by atoms with Crippen LogP contribution in [0.2, 0.25) is 0 Å². The Hall–Kier alpha value is -1.92. The lowest BCUT2D eigenvalue weighted by Crippen LogP contribution is -2.33. The molecule has 1 fully saturated rings. The zero-order valence-corrected chi connectivity index (χ0v) is 15.0. The van der Waals surface area contributed by atoms with E-state index in [1.807, 2.05) is 18.7 Å². The van der Waals surface area contributed by atoms with E-state index in [1.165, 1.54) is 12.8 Å². The molecule has 7 nitrogen and oxygen atoms in total. The maximum atomic E-state index is 12.2. The molecule has 24 heavy (non-hydrogen) atoms. The van der Waals surface area contributed by atoms with Gasteiger partial charge in [-0.25, -0.2) is 0 Å². The van der Waals surface area contributed by atoms with Gasteiger partial charge in [0.1, 0.15) is 0 Å². The molecule has 0 aromatic carbocycles. The quantitative estimate of drug-likeness (QED) is 0.796. The summed E-state index contributed by atoms with van der Waals surface area (Å²) in [4.78, 5) is 32.2. The number of nitrogens with zero attached hydrogens (tertiary/aromatic N) is 4. The van der Waals surface area contributed by atoms with E-state index in [4.69, 9.17) is 4.52 Å². The molecule has 2 heterocycles. The van der Waals surface area contributed by atoms with Gasteiger partial charge in [-0.3, -0.25) is 9.59 Å². The van der Waals surface area contributed by atoms with Crippen LogP contribution in [-0.4, -0.2) is 51.9 Å². The standard InChI is InChI=1S/C17H28N4O3/c1-13(2)17-18-14(19-24-17)12-20(3)15(22)8-9-16(23)21-10-6-4-5-7-11-21/h13H,4-12H2,1-3H3. The highest BCUT2D eigenvalue weighted by atomic mass is 16.5. The molecule has 134 valence electrons. The molecule has 0 spiro atoms. The van der Waals surface area contributed by atoms with E-state index >= 15 is 0 Å². The van der Waals surface area contributed by atoms with Crippen LogP contribution >= 0.6 is 0 Å². The van der Waals surface area contributed by atoms with Crippen LogP contribution < -0.4 is 0 Å². The Morgan fingerprint density at radius 3 is 2.42 bits per heavy atom. The lowest BCUT2D eigenvalue weighted by Gasteiger charge is -2.21. The van der Waals surface area contributed by atoms with E-state index in [0.29, 0.717) is 18.3 Å². The molecular formula is C17H28N4O3. The molecule has 0 saturated carbocycles. The van der Waals surface area contributed by atoms with Crippen molar-refractivity contribution in [3.63, 3.8) is 0 Å². The Morgan fingerprint density at radius 2 is 1.83 bits per heavy atom. The lowest BCUT2D eigenvalue weighted by molar-refractivity contribution is -0.136. The SMILES string of the molecule is CC(C)c1nc(CN(C)C(=O)CCC(=O)N2CCCCCC2)no1. The van der Waals surface area contributed by atoms with E-state index < -0.39 is 0 Å². The fraction of sp³-hybridized carbons (Fsp3) is 0.765. The maximum absolute atomic E-state index is 12.2. The van der Waals surface area contributed by atoms with Crippen molar-refractivity contribution in [3.05, 3.63) is 11.7 Å². The molecule has 0 atom stereocenters. The molecule has 0 N–H and O–H groups in total. The molecule has 1 aliphatic rings. The molecule has 1 aromatic heterocycles. The summed E-state index contributed by atoms with van der Waals surface area (Å²) >= 11 is 0. The van der Waals surface area contributed by atoms with Crippen molar-refractivity contribution in [3.8, 4) is 0 Å². The average molecular weight is 336 g/mol. The number of amides is 2. The predicted octanol–water partition coefficient (Wildman–Crippen LogP) is 2.33. The highest BCUT2D eigenvalue weighted by Crippen LogP contribution is 2.13. The first-order valence-corrected chi connectivity index (χ1v) is 8.81. The van der Waals surface area contributed by atoms with Crippen LogP contribution in [0.25, 0.3) is 0 Å². The van der Waals surface area contributed by atoms with Crippen LogP contribution in [0.4, 0.5) is 0 Å². The summed E-state index contributed by atoms with van der Waals surface area (Å²) in [7, 11) is 1.70. The third kappa shape index (κ3) is 5.32. The zero-order chi connectivity index (χ0) is 17.5. The highest BCUT2D eigenvalue weighted by Gasteiger charge is 2.19.